The zero-order valence-corrected chi connectivity index (χ0v) is 19.0. The molecular formula is C24H17N3O4S2. The van der Waals surface area contributed by atoms with Gasteiger partial charge in [0, 0.05) is 22.2 Å². The number of imide groups is 1. The summed E-state index contributed by atoms with van der Waals surface area (Å²) in [4.78, 5) is 39.5. The highest BCUT2D eigenvalue weighted by molar-refractivity contribution is 8.18. The van der Waals surface area contributed by atoms with Crippen molar-refractivity contribution in [2.24, 2.45) is 0 Å². The number of anilines is 1. The van der Waals surface area contributed by atoms with Gasteiger partial charge in [-0.3, -0.25) is 19.3 Å². The number of furan rings is 1. The van der Waals surface area contributed by atoms with E-state index in [9.17, 15) is 19.6 Å². The third kappa shape index (κ3) is 5.03. The van der Waals surface area contributed by atoms with Gasteiger partial charge in [-0.2, -0.15) is 5.26 Å². The predicted octanol–water partition coefficient (Wildman–Crippen LogP) is 5.22. The summed E-state index contributed by atoms with van der Waals surface area (Å²) in [5.74, 6) is -0.190. The Hall–Kier alpha value is -3.74. The number of hydrogen-bond donors (Lipinski definition) is 1. The van der Waals surface area contributed by atoms with Gasteiger partial charge in [0.1, 0.15) is 18.1 Å². The van der Waals surface area contributed by atoms with Crippen molar-refractivity contribution in [3.8, 4) is 17.4 Å². The minimum atomic E-state index is -0.562. The van der Waals surface area contributed by atoms with Gasteiger partial charge in [0.2, 0.25) is 5.91 Å². The van der Waals surface area contributed by atoms with E-state index in [1.54, 1.807) is 54.2 Å². The molecule has 1 aliphatic rings. The van der Waals surface area contributed by atoms with E-state index in [-0.39, 0.29) is 11.4 Å². The standard InChI is InChI=1S/C24H17N3O4S2/c1-32-18-7-4-6-16(11-18)26-22(28)14-27-23(29)21(33-24(27)30)12-17-9-10-20(31-17)19-8-3-2-5-15(19)13-25/h2-12H,14H2,1H3,(H,26,28)/b21-12+. The molecule has 0 aliphatic carbocycles. The van der Waals surface area contributed by atoms with E-state index in [1.165, 1.54) is 6.08 Å². The third-order valence-corrected chi connectivity index (χ3v) is 6.37. The first kappa shape index (κ1) is 22.5. The lowest BCUT2D eigenvalue weighted by molar-refractivity contribution is -0.127. The molecule has 164 valence electrons. The van der Waals surface area contributed by atoms with Crippen molar-refractivity contribution in [2.75, 3.05) is 18.1 Å². The van der Waals surface area contributed by atoms with Crippen molar-refractivity contribution < 1.29 is 18.8 Å². The van der Waals surface area contributed by atoms with Gasteiger partial charge in [-0.25, -0.2) is 0 Å². The van der Waals surface area contributed by atoms with Crippen LogP contribution in [0.2, 0.25) is 0 Å². The van der Waals surface area contributed by atoms with Crippen LogP contribution in [0.25, 0.3) is 17.4 Å². The summed E-state index contributed by atoms with van der Waals surface area (Å²) in [6.45, 7) is -0.384. The molecule has 3 aromatic rings. The van der Waals surface area contributed by atoms with Crippen LogP contribution in [0, 0.1) is 11.3 Å². The first-order valence-corrected chi connectivity index (χ1v) is 11.8. The monoisotopic (exact) mass is 475 g/mol. The molecular weight excluding hydrogens is 458 g/mol. The Balaban J connectivity index is 1.46. The Morgan fingerprint density at radius 3 is 2.79 bits per heavy atom. The van der Waals surface area contributed by atoms with E-state index in [2.05, 4.69) is 11.4 Å². The molecule has 9 heteroatoms. The second kappa shape index (κ2) is 9.81. The van der Waals surface area contributed by atoms with E-state index >= 15 is 0 Å². The quantitative estimate of drug-likeness (QED) is 0.385. The van der Waals surface area contributed by atoms with Gasteiger partial charge in [0.15, 0.2) is 0 Å². The summed E-state index contributed by atoms with van der Waals surface area (Å²) in [5.41, 5.74) is 1.69. The van der Waals surface area contributed by atoms with Crippen molar-refractivity contribution in [3.63, 3.8) is 0 Å². The Bertz CT molecular complexity index is 1320. The molecule has 1 N–H and O–H groups in total. The molecule has 2 heterocycles. The second-order valence-corrected chi connectivity index (χ2v) is 8.78. The molecule has 0 saturated carbocycles. The largest absolute Gasteiger partial charge is 0.457 e. The number of thioether (sulfide) groups is 2. The third-order valence-electron chi connectivity index (χ3n) is 4.74. The van der Waals surface area contributed by atoms with Gasteiger partial charge in [-0.15, -0.1) is 11.8 Å². The fourth-order valence-corrected chi connectivity index (χ4v) is 4.46. The first-order chi connectivity index (χ1) is 16.0. The van der Waals surface area contributed by atoms with Crippen LogP contribution in [-0.2, 0) is 9.59 Å². The Labute approximate surface area is 198 Å². The number of rotatable bonds is 6. The van der Waals surface area contributed by atoms with Crippen LogP contribution < -0.4 is 5.32 Å². The first-order valence-electron chi connectivity index (χ1n) is 9.77. The smallest absolute Gasteiger partial charge is 0.294 e. The maximum atomic E-state index is 12.7. The topological polar surface area (TPSA) is 103 Å². The Morgan fingerprint density at radius 1 is 1.18 bits per heavy atom. The van der Waals surface area contributed by atoms with Gasteiger partial charge < -0.3 is 9.73 Å². The molecule has 1 aliphatic heterocycles. The van der Waals surface area contributed by atoms with Crippen LogP contribution in [-0.4, -0.2) is 34.8 Å². The van der Waals surface area contributed by atoms with Crippen molar-refractivity contribution in [1.82, 2.24) is 4.90 Å². The summed E-state index contributed by atoms with van der Waals surface area (Å²) in [6.07, 6.45) is 3.39. The Kier molecular flexibility index (Phi) is 6.68. The van der Waals surface area contributed by atoms with Gasteiger partial charge in [0.25, 0.3) is 11.1 Å². The number of nitrogens with one attached hydrogen (secondary N) is 1. The summed E-state index contributed by atoms with van der Waals surface area (Å²) >= 11 is 2.29. The van der Waals surface area contributed by atoms with E-state index in [4.69, 9.17) is 4.42 Å². The van der Waals surface area contributed by atoms with Gasteiger partial charge in [0.05, 0.1) is 16.5 Å². The SMILES string of the molecule is CSc1cccc(NC(=O)CN2C(=O)S/C(=C/c3ccc(-c4ccccc4C#N)o3)C2=O)c1. The molecule has 0 bridgehead atoms. The molecule has 7 nitrogen and oxygen atoms in total. The van der Waals surface area contributed by atoms with E-state index < -0.39 is 17.1 Å². The molecule has 0 atom stereocenters. The van der Waals surface area contributed by atoms with Gasteiger partial charge in [-0.05, 0) is 60.5 Å². The second-order valence-electron chi connectivity index (χ2n) is 6.91. The van der Waals surface area contributed by atoms with Gasteiger partial charge in [-0.1, -0.05) is 18.2 Å². The lowest BCUT2D eigenvalue weighted by atomic mass is 10.1. The summed E-state index contributed by atoms with van der Waals surface area (Å²) in [5, 5.41) is 11.5. The van der Waals surface area contributed by atoms with Crippen molar-refractivity contribution in [1.29, 1.82) is 5.26 Å². The van der Waals surface area contributed by atoms with Crippen molar-refractivity contribution in [3.05, 3.63) is 76.9 Å². The maximum absolute atomic E-state index is 12.7. The molecule has 1 saturated heterocycles. The molecule has 2 aromatic carbocycles. The number of nitrogens with zero attached hydrogens (tertiary/aromatic N) is 2. The minimum Gasteiger partial charge on any atom is -0.457 e. The average molecular weight is 476 g/mol. The zero-order valence-electron chi connectivity index (χ0n) is 17.4. The van der Waals surface area contributed by atoms with Crippen LogP contribution in [0.3, 0.4) is 0 Å². The van der Waals surface area contributed by atoms with Crippen molar-refractivity contribution in [2.45, 2.75) is 4.90 Å². The highest BCUT2D eigenvalue weighted by Crippen LogP contribution is 2.33. The van der Waals surface area contributed by atoms with Crippen LogP contribution in [0.5, 0.6) is 0 Å². The van der Waals surface area contributed by atoms with Crippen LogP contribution in [0.15, 0.2) is 74.9 Å². The number of hydrogen-bond acceptors (Lipinski definition) is 7. The summed E-state index contributed by atoms with van der Waals surface area (Å²) in [6, 6.07) is 19.8. The molecule has 1 aromatic heterocycles. The lowest BCUT2D eigenvalue weighted by Crippen LogP contribution is -2.36. The highest BCUT2D eigenvalue weighted by atomic mass is 32.2. The van der Waals surface area contributed by atoms with E-state index in [0.717, 1.165) is 21.6 Å². The fourth-order valence-electron chi connectivity index (χ4n) is 3.18. The van der Waals surface area contributed by atoms with Gasteiger partial charge >= 0.3 is 0 Å². The predicted molar refractivity (Wildman–Crippen MR) is 128 cm³/mol. The van der Waals surface area contributed by atoms with E-state index in [1.807, 2.05) is 24.5 Å². The number of benzene rings is 2. The number of carbonyl (C=O) groups excluding carboxylic acids is 3. The molecule has 0 unspecified atom stereocenters. The lowest BCUT2D eigenvalue weighted by Gasteiger charge is -2.12. The number of nitriles is 1. The fraction of sp³-hybridized carbons (Fsp3) is 0.0833. The average Bonchev–Trinajstić information content (AvgIpc) is 3.39. The van der Waals surface area contributed by atoms with Crippen LogP contribution in [0.4, 0.5) is 10.5 Å². The maximum Gasteiger partial charge on any atom is 0.294 e. The summed E-state index contributed by atoms with van der Waals surface area (Å²) < 4.78 is 5.77. The summed E-state index contributed by atoms with van der Waals surface area (Å²) in [7, 11) is 0. The molecule has 1 fully saturated rings. The molecule has 33 heavy (non-hydrogen) atoms. The highest BCUT2D eigenvalue weighted by Gasteiger charge is 2.36. The van der Waals surface area contributed by atoms with E-state index in [0.29, 0.717) is 28.3 Å². The molecule has 0 radical (unpaired) electrons. The number of amides is 3. The minimum absolute atomic E-state index is 0.159. The van der Waals surface area contributed by atoms with Crippen LogP contribution in [0.1, 0.15) is 11.3 Å². The Morgan fingerprint density at radius 2 is 2.00 bits per heavy atom. The van der Waals surface area contributed by atoms with Crippen LogP contribution >= 0.6 is 23.5 Å². The zero-order chi connectivity index (χ0) is 23.4. The van der Waals surface area contributed by atoms with Crippen molar-refractivity contribution >= 4 is 52.3 Å². The molecule has 4 rings (SSSR count). The molecule has 0 spiro atoms. The molecule has 3 amide bonds. The number of carbonyl (C=O) groups is 3. The normalized spacial score (nSPS) is 14.5.